The zero-order chi connectivity index (χ0) is 20.3. The Labute approximate surface area is 166 Å². The second-order valence-corrected chi connectivity index (χ2v) is 6.77. The van der Waals surface area contributed by atoms with Crippen molar-refractivity contribution in [3.05, 3.63) is 58.9 Å². The quantitative estimate of drug-likeness (QED) is 0.769. The molecule has 28 heavy (non-hydrogen) atoms. The van der Waals surface area contributed by atoms with Gasteiger partial charge in [0.05, 0.1) is 16.3 Å². The molecule has 2 aromatic rings. The SMILES string of the molecule is C[C@H](OC(=O)c1ccc(Cl)c(N2CCCC2=O)c1)C(=O)Nc1ccc(F)cc1. The Morgan fingerprint density at radius 3 is 2.57 bits per heavy atom. The minimum atomic E-state index is -1.08. The molecule has 0 spiro atoms. The second-order valence-electron chi connectivity index (χ2n) is 6.36. The minimum absolute atomic E-state index is 0.0561. The number of carbonyl (C=O) groups is 3. The first-order chi connectivity index (χ1) is 13.3. The van der Waals surface area contributed by atoms with Crippen LogP contribution in [0.1, 0.15) is 30.1 Å². The minimum Gasteiger partial charge on any atom is -0.449 e. The van der Waals surface area contributed by atoms with Crippen molar-refractivity contribution in [1.82, 2.24) is 0 Å². The molecule has 1 N–H and O–H groups in total. The first-order valence-corrected chi connectivity index (χ1v) is 9.10. The summed E-state index contributed by atoms with van der Waals surface area (Å²) in [5.41, 5.74) is 1.01. The zero-order valence-electron chi connectivity index (χ0n) is 15.1. The average Bonchev–Trinajstić information content (AvgIpc) is 3.09. The first-order valence-electron chi connectivity index (χ1n) is 8.72. The number of nitrogens with one attached hydrogen (secondary N) is 1. The van der Waals surface area contributed by atoms with Crippen molar-refractivity contribution < 1.29 is 23.5 Å². The summed E-state index contributed by atoms with van der Waals surface area (Å²) >= 11 is 6.17. The highest BCUT2D eigenvalue weighted by Crippen LogP contribution is 2.30. The number of esters is 1. The molecule has 2 aromatic carbocycles. The molecule has 1 heterocycles. The van der Waals surface area contributed by atoms with Crippen LogP contribution in [0.5, 0.6) is 0 Å². The highest BCUT2D eigenvalue weighted by Gasteiger charge is 2.25. The van der Waals surface area contributed by atoms with Gasteiger partial charge in [0.1, 0.15) is 5.82 Å². The van der Waals surface area contributed by atoms with Crippen molar-refractivity contribution in [2.75, 3.05) is 16.8 Å². The van der Waals surface area contributed by atoms with Crippen LogP contribution in [0.15, 0.2) is 42.5 Å². The van der Waals surface area contributed by atoms with Crippen LogP contribution in [-0.4, -0.2) is 30.4 Å². The number of hydrogen-bond acceptors (Lipinski definition) is 4. The van der Waals surface area contributed by atoms with Crippen molar-refractivity contribution in [2.45, 2.75) is 25.9 Å². The fourth-order valence-corrected chi connectivity index (χ4v) is 3.03. The number of benzene rings is 2. The third-order valence-corrected chi connectivity index (χ3v) is 4.63. The van der Waals surface area contributed by atoms with Crippen LogP contribution in [0.4, 0.5) is 15.8 Å². The molecule has 0 aromatic heterocycles. The van der Waals surface area contributed by atoms with Crippen LogP contribution in [-0.2, 0) is 14.3 Å². The lowest BCUT2D eigenvalue weighted by molar-refractivity contribution is -0.123. The van der Waals surface area contributed by atoms with Crippen molar-refractivity contribution in [2.24, 2.45) is 0 Å². The predicted octanol–water partition coefficient (Wildman–Crippen LogP) is 3.79. The molecule has 0 unspecified atom stereocenters. The lowest BCUT2D eigenvalue weighted by atomic mass is 10.2. The second kappa shape index (κ2) is 8.39. The van der Waals surface area contributed by atoms with Gasteiger partial charge in [-0.2, -0.15) is 0 Å². The molecule has 1 saturated heterocycles. The molecule has 0 aliphatic carbocycles. The van der Waals surface area contributed by atoms with Gasteiger partial charge in [-0.3, -0.25) is 9.59 Å². The summed E-state index contributed by atoms with van der Waals surface area (Å²) in [6.07, 6.45) is 0.0841. The van der Waals surface area contributed by atoms with E-state index in [1.165, 1.54) is 54.3 Å². The van der Waals surface area contributed by atoms with Crippen LogP contribution in [0.25, 0.3) is 0 Å². The van der Waals surface area contributed by atoms with Gasteiger partial charge in [-0.1, -0.05) is 11.6 Å². The topological polar surface area (TPSA) is 75.7 Å². The molecular formula is C20H18ClFN2O4. The molecule has 2 amide bonds. The molecule has 6 nitrogen and oxygen atoms in total. The number of halogens is 2. The Balaban J connectivity index is 1.67. The summed E-state index contributed by atoms with van der Waals surface area (Å²) in [6.45, 7) is 1.96. The van der Waals surface area contributed by atoms with Crippen LogP contribution in [0, 0.1) is 5.82 Å². The van der Waals surface area contributed by atoms with Crippen molar-refractivity contribution in [3.63, 3.8) is 0 Å². The van der Waals surface area contributed by atoms with Gasteiger partial charge in [0.2, 0.25) is 5.91 Å². The predicted molar refractivity (Wildman–Crippen MR) is 103 cm³/mol. The maximum Gasteiger partial charge on any atom is 0.338 e. The number of nitrogens with zero attached hydrogens (tertiary/aromatic N) is 1. The van der Waals surface area contributed by atoms with Gasteiger partial charge in [-0.05, 0) is 55.8 Å². The van der Waals surface area contributed by atoms with Crippen LogP contribution in [0.2, 0.25) is 5.02 Å². The molecule has 1 fully saturated rings. The summed E-state index contributed by atoms with van der Waals surface area (Å²) in [7, 11) is 0. The van der Waals surface area contributed by atoms with E-state index in [0.717, 1.165) is 6.42 Å². The fourth-order valence-electron chi connectivity index (χ4n) is 2.81. The Morgan fingerprint density at radius 2 is 1.93 bits per heavy atom. The standard InChI is InChI=1S/C20H18ClFN2O4/c1-12(19(26)23-15-7-5-14(22)6-8-15)28-20(27)13-4-9-16(21)17(11-13)24-10-2-3-18(24)25/h4-9,11-12H,2-3,10H2,1H3,(H,23,26)/t12-/m0/s1. The van der Waals surface area contributed by atoms with Crippen molar-refractivity contribution in [1.29, 1.82) is 0 Å². The van der Waals surface area contributed by atoms with Gasteiger partial charge in [0.15, 0.2) is 6.10 Å². The van der Waals surface area contributed by atoms with E-state index >= 15 is 0 Å². The summed E-state index contributed by atoms with van der Waals surface area (Å²) < 4.78 is 18.1. The summed E-state index contributed by atoms with van der Waals surface area (Å²) in [5.74, 6) is -1.75. The molecular weight excluding hydrogens is 387 g/mol. The Kier molecular flexibility index (Phi) is 5.94. The molecule has 1 atom stereocenters. The van der Waals surface area contributed by atoms with Gasteiger partial charge >= 0.3 is 5.97 Å². The van der Waals surface area contributed by atoms with Crippen LogP contribution >= 0.6 is 11.6 Å². The highest BCUT2D eigenvalue weighted by molar-refractivity contribution is 6.34. The Bertz CT molecular complexity index is 917. The zero-order valence-corrected chi connectivity index (χ0v) is 15.8. The molecule has 8 heteroatoms. The van der Waals surface area contributed by atoms with E-state index in [4.69, 9.17) is 16.3 Å². The van der Waals surface area contributed by atoms with Gasteiger partial charge in [0.25, 0.3) is 5.91 Å². The maximum atomic E-state index is 12.9. The van der Waals surface area contributed by atoms with Crippen molar-refractivity contribution in [3.8, 4) is 0 Å². The molecule has 0 saturated carbocycles. The third-order valence-electron chi connectivity index (χ3n) is 4.31. The number of amides is 2. The van der Waals surface area contributed by atoms with Crippen LogP contribution < -0.4 is 10.2 Å². The lowest BCUT2D eigenvalue weighted by Gasteiger charge is -2.18. The van der Waals surface area contributed by atoms with Gasteiger partial charge in [-0.15, -0.1) is 0 Å². The number of rotatable bonds is 5. The van der Waals surface area contributed by atoms with Crippen molar-refractivity contribution >= 4 is 40.8 Å². The van der Waals surface area contributed by atoms with Gasteiger partial charge in [-0.25, -0.2) is 9.18 Å². The van der Waals surface area contributed by atoms with E-state index in [9.17, 15) is 18.8 Å². The summed E-state index contributed by atoms with van der Waals surface area (Å²) in [4.78, 5) is 38.1. The molecule has 1 aliphatic rings. The molecule has 0 bridgehead atoms. The summed E-state index contributed by atoms with van der Waals surface area (Å²) in [6, 6.07) is 9.70. The largest absolute Gasteiger partial charge is 0.449 e. The number of ether oxygens (including phenoxy) is 1. The van der Waals surface area contributed by atoms with E-state index in [1.54, 1.807) is 0 Å². The number of hydrogen-bond donors (Lipinski definition) is 1. The van der Waals surface area contributed by atoms with E-state index < -0.39 is 23.8 Å². The lowest BCUT2D eigenvalue weighted by Crippen LogP contribution is -2.30. The number of carbonyl (C=O) groups excluding carboxylic acids is 3. The third kappa shape index (κ3) is 4.48. The first kappa shape index (κ1) is 19.8. The number of anilines is 2. The van der Waals surface area contributed by atoms with Crippen LogP contribution in [0.3, 0.4) is 0 Å². The molecule has 0 radical (unpaired) electrons. The highest BCUT2D eigenvalue weighted by atomic mass is 35.5. The average molecular weight is 405 g/mol. The monoisotopic (exact) mass is 404 g/mol. The Morgan fingerprint density at radius 1 is 1.21 bits per heavy atom. The van der Waals surface area contributed by atoms with E-state index in [2.05, 4.69) is 5.32 Å². The van der Waals surface area contributed by atoms with E-state index in [-0.39, 0.29) is 11.5 Å². The normalized spacial score (nSPS) is 14.7. The summed E-state index contributed by atoms with van der Waals surface area (Å²) in [5, 5.41) is 2.90. The van der Waals surface area contributed by atoms with Gasteiger partial charge in [0, 0.05) is 18.7 Å². The smallest absolute Gasteiger partial charge is 0.338 e. The molecule has 1 aliphatic heterocycles. The van der Waals surface area contributed by atoms with E-state index in [0.29, 0.717) is 29.4 Å². The van der Waals surface area contributed by atoms with E-state index in [1.807, 2.05) is 0 Å². The fraction of sp³-hybridized carbons (Fsp3) is 0.250. The Hall–Kier alpha value is -2.93. The maximum absolute atomic E-state index is 12.9. The molecule has 146 valence electrons. The molecule has 3 rings (SSSR count). The van der Waals surface area contributed by atoms with Gasteiger partial charge < -0.3 is 15.0 Å².